The van der Waals surface area contributed by atoms with Crippen LogP contribution in [-0.4, -0.2) is 40.6 Å². The minimum atomic E-state index is -0.734. The van der Waals surface area contributed by atoms with Crippen molar-refractivity contribution < 1.29 is 14.3 Å². The molecule has 1 saturated heterocycles. The Morgan fingerprint density at radius 3 is 2.44 bits per heavy atom. The third kappa shape index (κ3) is 3.87. The van der Waals surface area contributed by atoms with E-state index in [1.54, 1.807) is 4.90 Å². The molecule has 0 aromatic heterocycles. The second-order valence-corrected chi connectivity index (χ2v) is 6.17. The van der Waals surface area contributed by atoms with Crippen LogP contribution in [0.15, 0.2) is 0 Å². The van der Waals surface area contributed by atoms with Gasteiger partial charge >= 0.3 is 6.09 Å². The van der Waals surface area contributed by atoms with Crippen molar-refractivity contribution in [2.45, 2.75) is 57.7 Å². The molecule has 6 heteroatoms. The summed E-state index contributed by atoms with van der Waals surface area (Å²) in [5, 5.41) is 0. The van der Waals surface area contributed by atoms with Crippen molar-refractivity contribution in [3.05, 3.63) is 0 Å². The van der Waals surface area contributed by atoms with Crippen LogP contribution in [0.5, 0.6) is 0 Å². The minimum absolute atomic E-state index is 0.0517. The summed E-state index contributed by atoms with van der Waals surface area (Å²) in [4.78, 5) is 24.5. The Morgan fingerprint density at radius 1 is 1.44 bits per heavy atom. The highest BCUT2D eigenvalue weighted by Crippen LogP contribution is 2.28. The van der Waals surface area contributed by atoms with Crippen LogP contribution in [-0.2, 0) is 9.53 Å². The first kappa shape index (κ1) is 14.8. The van der Waals surface area contributed by atoms with Gasteiger partial charge in [0.15, 0.2) is 0 Å². The van der Waals surface area contributed by atoms with Crippen molar-refractivity contribution >= 4 is 12.0 Å². The Bertz CT molecular complexity index is 351. The summed E-state index contributed by atoms with van der Waals surface area (Å²) in [5.41, 5.74) is 9.99. The molecule has 2 atom stereocenters. The van der Waals surface area contributed by atoms with E-state index >= 15 is 0 Å². The van der Waals surface area contributed by atoms with Gasteiger partial charge in [-0.1, -0.05) is 0 Å². The molecule has 0 saturated carbocycles. The molecular weight excluding hydrogens is 234 g/mol. The molecule has 2 unspecified atom stereocenters. The van der Waals surface area contributed by atoms with E-state index in [4.69, 9.17) is 16.2 Å². The summed E-state index contributed by atoms with van der Waals surface area (Å²) in [7, 11) is 0. The number of carbonyl (C=O) groups is 2. The zero-order chi connectivity index (χ0) is 14.1. The normalized spacial score (nSPS) is 28.3. The van der Waals surface area contributed by atoms with E-state index in [9.17, 15) is 9.59 Å². The van der Waals surface area contributed by atoms with E-state index in [2.05, 4.69) is 0 Å². The highest BCUT2D eigenvalue weighted by molar-refractivity contribution is 5.76. The molecule has 1 heterocycles. The Labute approximate surface area is 108 Å². The lowest BCUT2D eigenvalue weighted by atomic mass is 9.93. The highest BCUT2D eigenvalue weighted by Gasteiger charge is 2.43. The van der Waals surface area contributed by atoms with Gasteiger partial charge in [-0.2, -0.15) is 0 Å². The summed E-state index contributed by atoms with van der Waals surface area (Å²) in [6.45, 7) is 7.62. The van der Waals surface area contributed by atoms with E-state index in [-0.39, 0.29) is 12.5 Å². The second-order valence-electron chi connectivity index (χ2n) is 6.17. The molecule has 6 nitrogen and oxygen atoms in total. The standard InChI is InChI=1S/C12H23N3O3/c1-8-5-12(14,6-9(13)16)7-15(8)10(17)18-11(2,3)4/h8H,5-7,14H2,1-4H3,(H2,13,16). The summed E-state index contributed by atoms with van der Waals surface area (Å²) >= 11 is 0. The van der Waals surface area contributed by atoms with Gasteiger partial charge in [0.2, 0.25) is 5.91 Å². The zero-order valence-corrected chi connectivity index (χ0v) is 11.5. The summed E-state index contributed by atoms with van der Waals surface area (Å²) < 4.78 is 5.31. The Kier molecular flexibility index (Phi) is 3.90. The Hall–Kier alpha value is -1.30. The summed E-state index contributed by atoms with van der Waals surface area (Å²) in [6, 6.07) is -0.0517. The van der Waals surface area contributed by atoms with Gasteiger partial charge < -0.3 is 21.1 Å². The first-order valence-electron chi connectivity index (χ1n) is 6.09. The van der Waals surface area contributed by atoms with Gasteiger partial charge in [-0.3, -0.25) is 4.79 Å². The molecule has 4 N–H and O–H groups in total. The third-order valence-electron chi connectivity index (χ3n) is 2.87. The average molecular weight is 257 g/mol. The number of amides is 2. The largest absolute Gasteiger partial charge is 0.444 e. The van der Waals surface area contributed by atoms with Crippen LogP contribution in [0.3, 0.4) is 0 Å². The fourth-order valence-electron chi connectivity index (χ4n) is 2.30. The first-order chi connectivity index (χ1) is 8.02. The zero-order valence-electron chi connectivity index (χ0n) is 11.5. The fraction of sp³-hybridized carbons (Fsp3) is 0.833. The maximum atomic E-state index is 12.0. The maximum absolute atomic E-state index is 12.0. The predicted molar refractivity (Wildman–Crippen MR) is 67.7 cm³/mol. The second kappa shape index (κ2) is 4.76. The number of nitrogens with two attached hydrogens (primary N) is 2. The summed E-state index contributed by atoms with van der Waals surface area (Å²) in [5.74, 6) is -0.448. The van der Waals surface area contributed by atoms with Crippen molar-refractivity contribution in [2.24, 2.45) is 11.5 Å². The predicted octanol–water partition coefficient (Wildman–Crippen LogP) is 0.589. The summed E-state index contributed by atoms with van der Waals surface area (Å²) in [6.07, 6.45) is 0.234. The molecule has 0 aromatic carbocycles. The van der Waals surface area contributed by atoms with Gasteiger partial charge in [0.05, 0.1) is 0 Å². The molecular formula is C12H23N3O3. The van der Waals surface area contributed by atoms with Crippen LogP contribution >= 0.6 is 0 Å². The molecule has 0 radical (unpaired) electrons. The lowest BCUT2D eigenvalue weighted by Gasteiger charge is -2.27. The van der Waals surface area contributed by atoms with E-state index in [1.807, 2.05) is 27.7 Å². The van der Waals surface area contributed by atoms with Crippen LogP contribution in [0.1, 0.15) is 40.5 Å². The number of rotatable bonds is 2. The van der Waals surface area contributed by atoms with Crippen LogP contribution in [0.4, 0.5) is 4.79 Å². The monoisotopic (exact) mass is 257 g/mol. The number of nitrogens with zero attached hydrogens (tertiary/aromatic N) is 1. The van der Waals surface area contributed by atoms with Crippen molar-refractivity contribution in [2.75, 3.05) is 6.54 Å². The van der Waals surface area contributed by atoms with Crippen molar-refractivity contribution in [1.82, 2.24) is 4.90 Å². The van der Waals surface area contributed by atoms with Gasteiger partial charge in [0.1, 0.15) is 5.60 Å². The molecule has 0 aromatic rings. The molecule has 1 aliphatic rings. The lowest BCUT2D eigenvalue weighted by Crippen LogP contribution is -2.47. The number of ether oxygens (including phenoxy) is 1. The van der Waals surface area contributed by atoms with Crippen molar-refractivity contribution in [1.29, 1.82) is 0 Å². The molecule has 2 amide bonds. The van der Waals surface area contributed by atoms with Crippen LogP contribution in [0.25, 0.3) is 0 Å². The number of carbonyl (C=O) groups excluding carboxylic acids is 2. The Morgan fingerprint density at radius 2 is 2.00 bits per heavy atom. The first-order valence-corrected chi connectivity index (χ1v) is 6.09. The number of hydrogen-bond acceptors (Lipinski definition) is 4. The van der Waals surface area contributed by atoms with E-state index in [0.717, 1.165) is 0 Å². The van der Waals surface area contributed by atoms with Crippen LogP contribution in [0.2, 0.25) is 0 Å². The molecule has 1 fully saturated rings. The molecule has 0 aliphatic carbocycles. The number of hydrogen-bond donors (Lipinski definition) is 2. The molecule has 104 valence electrons. The average Bonchev–Trinajstić information content (AvgIpc) is 2.36. The maximum Gasteiger partial charge on any atom is 0.410 e. The molecule has 0 bridgehead atoms. The smallest absolute Gasteiger partial charge is 0.410 e. The fourth-order valence-corrected chi connectivity index (χ4v) is 2.30. The van der Waals surface area contributed by atoms with Gasteiger partial charge in [-0.15, -0.1) is 0 Å². The highest BCUT2D eigenvalue weighted by atomic mass is 16.6. The van der Waals surface area contributed by atoms with Crippen LogP contribution < -0.4 is 11.5 Å². The van der Waals surface area contributed by atoms with Gasteiger partial charge in [-0.25, -0.2) is 4.79 Å². The minimum Gasteiger partial charge on any atom is -0.444 e. The number of primary amides is 1. The number of likely N-dealkylation sites (tertiary alicyclic amines) is 1. The van der Waals surface area contributed by atoms with E-state index in [1.165, 1.54) is 0 Å². The third-order valence-corrected chi connectivity index (χ3v) is 2.87. The van der Waals surface area contributed by atoms with Crippen molar-refractivity contribution in [3.8, 4) is 0 Å². The van der Waals surface area contributed by atoms with Crippen LogP contribution in [0, 0.1) is 0 Å². The van der Waals surface area contributed by atoms with Gasteiger partial charge in [0, 0.05) is 24.5 Å². The SMILES string of the molecule is CC1CC(N)(CC(N)=O)CN1C(=O)OC(C)(C)C. The van der Waals surface area contributed by atoms with E-state index < -0.39 is 23.1 Å². The van der Waals surface area contributed by atoms with Gasteiger partial charge in [-0.05, 0) is 34.1 Å². The molecule has 1 aliphatic heterocycles. The quantitative estimate of drug-likeness (QED) is 0.756. The lowest BCUT2D eigenvalue weighted by molar-refractivity contribution is -0.119. The molecule has 0 spiro atoms. The Balaban J connectivity index is 2.70. The molecule has 1 rings (SSSR count). The topological polar surface area (TPSA) is 98.6 Å². The van der Waals surface area contributed by atoms with Gasteiger partial charge in [0.25, 0.3) is 0 Å². The van der Waals surface area contributed by atoms with E-state index in [0.29, 0.717) is 13.0 Å². The van der Waals surface area contributed by atoms with Crippen molar-refractivity contribution in [3.63, 3.8) is 0 Å². The molecule has 18 heavy (non-hydrogen) atoms.